The minimum Gasteiger partial charge on any atom is -0.263 e. The Morgan fingerprint density at radius 3 is 1.21 bits per heavy atom. The first-order chi connectivity index (χ1) is 22.6. The van der Waals surface area contributed by atoms with Gasteiger partial charge in [0.1, 0.15) is 23.4 Å². The molecule has 1 fully saturated rings. The summed E-state index contributed by atoms with van der Waals surface area (Å²) in [6, 6.07) is 1.97. The summed E-state index contributed by atoms with van der Waals surface area (Å²) in [6.07, 6.45) is 0.350. The Morgan fingerprint density at radius 2 is 0.896 bits per heavy atom. The second-order valence-corrected chi connectivity index (χ2v) is 9.13. The first-order valence-electron chi connectivity index (χ1n) is 12.3. The largest absolute Gasteiger partial charge is 0.263 e. The van der Waals surface area contributed by atoms with E-state index >= 15 is 26.3 Å². The van der Waals surface area contributed by atoms with Crippen molar-refractivity contribution >= 4 is 48.9 Å². The van der Waals surface area contributed by atoms with E-state index in [1.807, 2.05) is 0 Å². The normalized spacial score (nSPS) is 15.3. The molecule has 3 aromatic rings. The van der Waals surface area contributed by atoms with E-state index in [4.69, 9.17) is 5.26 Å². The smallest absolute Gasteiger partial charge is 0.188 e. The van der Waals surface area contributed by atoms with Crippen LogP contribution in [0.2, 0.25) is 0 Å². The highest BCUT2D eigenvalue weighted by Crippen LogP contribution is 2.58. The lowest BCUT2D eigenvalue weighted by molar-refractivity contribution is 0.446. The topological polar surface area (TPSA) is 84.7 Å². The molecule has 0 amide bonds. The fourth-order valence-corrected chi connectivity index (χ4v) is 4.67. The Balaban J connectivity index is 2.37. The Morgan fingerprint density at radius 1 is 0.521 bits per heavy atom. The minimum atomic E-state index is -2.36. The van der Waals surface area contributed by atoms with Crippen LogP contribution in [0.1, 0.15) is 27.8 Å². The van der Waals surface area contributed by atoms with Crippen LogP contribution in [-0.4, -0.2) is 20.2 Å². The number of rotatable bonds is 7. The van der Waals surface area contributed by atoms with Crippen LogP contribution in [0.4, 0.5) is 58.4 Å². The molecule has 1 saturated carbocycles. The predicted molar refractivity (Wildman–Crippen MR) is 148 cm³/mol. The van der Waals surface area contributed by atoms with E-state index in [2.05, 4.69) is 41.7 Å². The molecule has 4 rings (SSSR count). The average molecular weight is 679 g/mol. The number of aliphatic imine (C=N–C) groups is 3. The van der Waals surface area contributed by atoms with Crippen LogP contribution in [0.15, 0.2) is 38.3 Å². The lowest BCUT2D eigenvalue weighted by Gasteiger charge is -2.10. The molecule has 0 heterocycles. The van der Waals surface area contributed by atoms with Crippen LogP contribution in [-0.2, 0) is 0 Å². The van der Waals surface area contributed by atoms with Gasteiger partial charge in [-0.15, -0.1) is 0 Å². The number of benzene rings is 3. The lowest BCUT2D eigenvalue weighted by atomic mass is 9.99. The third-order valence-electron chi connectivity index (χ3n) is 6.84. The van der Waals surface area contributed by atoms with E-state index in [0.29, 0.717) is 6.08 Å². The van der Waals surface area contributed by atoms with Gasteiger partial charge in [0, 0.05) is 16.7 Å². The molecule has 0 aromatic heterocycles. The number of hydrogen-bond donors (Lipinski definition) is 0. The summed E-state index contributed by atoms with van der Waals surface area (Å²) in [5.74, 6) is -27.2. The van der Waals surface area contributed by atoms with Crippen molar-refractivity contribution in [3.63, 3.8) is 0 Å². The third kappa shape index (κ3) is 4.79. The van der Waals surface area contributed by atoms with Gasteiger partial charge in [-0.1, -0.05) is 12.7 Å². The van der Waals surface area contributed by atoms with Gasteiger partial charge in [0.05, 0.1) is 39.2 Å². The zero-order valence-corrected chi connectivity index (χ0v) is 23.2. The van der Waals surface area contributed by atoms with E-state index in [1.165, 1.54) is 0 Å². The van der Waals surface area contributed by atoms with Crippen LogP contribution >= 0.6 is 0 Å². The maximum Gasteiger partial charge on any atom is 0.188 e. The first kappa shape index (κ1) is 34.6. The Hall–Kier alpha value is -6.23. The quantitative estimate of drug-likeness (QED) is 0.108. The van der Waals surface area contributed by atoms with Crippen LogP contribution in [0.3, 0.4) is 0 Å². The van der Waals surface area contributed by atoms with Crippen LogP contribution in [0.25, 0.3) is 23.0 Å². The van der Waals surface area contributed by atoms with Crippen molar-refractivity contribution in [2.45, 2.75) is 0 Å². The minimum absolute atomic E-state index is 0.350. The second-order valence-electron chi connectivity index (χ2n) is 9.13. The van der Waals surface area contributed by atoms with Crippen LogP contribution in [0, 0.1) is 92.5 Å². The molecular formula is C31H9F12N5. The van der Waals surface area contributed by atoms with Gasteiger partial charge in [-0.05, 0) is 20.2 Å². The molecule has 17 heteroatoms. The lowest BCUT2D eigenvalue weighted by Crippen LogP contribution is -2.06. The van der Waals surface area contributed by atoms with Crippen molar-refractivity contribution in [1.82, 2.24) is 0 Å². The summed E-state index contributed by atoms with van der Waals surface area (Å²) in [6.45, 7) is 11.6. The van der Waals surface area contributed by atoms with Crippen molar-refractivity contribution in [2.24, 2.45) is 15.0 Å². The van der Waals surface area contributed by atoms with Gasteiger partial charge >= 0.3 is 0 Å². The molecule has 0 aliphatic heterocycles. The first-order valence-corrected chi connectivity index (χ1v) is 12.3. The van der Waals surface area contributed by atoms with E-state index < -0.39 is 137 Å². The summed E-state index contributed by atoms with van der Waals surface area (Å²) in [5, 5.41) is 18.8. The molecule has 0 bridgehead atoms. The summed E-state index contributed by atoms with van der Waals surface area (Å²) in [5.41, 5.74) is -18.1. The zero-order valence-electron chi connectivity index (χ0n) is 23.2. The van der Waals surface area contributed by atoms with E-state index in [-0.39, 0.29) is 0 Å². The third-order valence-corrected chi connectivity index (χ3v) is 6.84. The molecule has 242 valence electrons. The number of nitrogens with zero attached hydrogens (tertiary/aromatic N) is 5. The van der Waals surface area contributed by atoms with E-state index in [0.717, 1.165) is 12.1 Å². The number of hydrogen-bond acceptors (Lipinski definition) is 5. The molecule has 0 atom stereocenters. The van der Waals surface area contributed by atoms with Gasteiger partial charge in [-0.25, -0.2) is 52.7 Å². The van der Waals surface area contributed by atoms with Crippen molar-refractivity contribution < 1.29 is 52.7 Å². The van der Waals surface area contributed by atoms with Gasteiger partial charge in [-0.3, -0.25) is 15.0 Å². The molecule has 3 aromatic carbocycles. The molecule has 48 heavy (non-hydrogen) atoms. The second kappa shape index (κ2) is 12.5. The summed E-state index contributed by atoms with van der Waals surface area (Å²) >= 11 is 0. The fourth-order valence-electron chi connectivity index (χ4n) is 4.67. The number of halogens is 12. The van der Waals surface area contributed by atoms with E-state index in [1.54, 1.807) is 0 Å². The summed E-state index contributed by atoms with van der Waals surface area (Å²) in [4.78, 5) is 9.22. The standard InChI is InChI=1S/C31H9F12N5/c1-5-8-17(32)21(36)12(22(37)18(8)33)9(6-44)11-13(29(46-2)15-23(38)19(34)10(7-45)20(35)24(15)39)14(11)30(47-3)16-25(40)27(42)31(48-4)28(43)26(16)41/h5H,1-4H2. The van der Waals surface area contributed by atoms with E-state index in [9.17, 15) is 31.6 Å². The molecule has 1 aliphatic carbocycles. The maximum atomic E-state index is 15.2. The van der Waals surface area contributed by atoms with Gasteiger partial charge in [-0.2, -0.15) is 10.5 Å². The Kier molecular flexibility index (Phi) is 9.03. The van der Waals surface area contributed by atoms with Crippen LogP contribution in [0.5, 0.6) is 0 Å². The number of nitriles is 2. The Bertz CT molecular complexity index is 2160. The van der Waals surface area contributed by atoms with Gasteiger partial charge < -0.3 is 0 Å². The van der Waals surface area contributed by atoms with Crippen molar-refractivity contribution in [1.29, 1.82) is 10.5 Å². The monoisotopic (exact) mass is 679 g/mol. The van der Waals surface area contributed by atoms with Crippen molar-refractivity contribution in [3.8, 4) is 12.1 Å². The SMILES string of the molecule is C=Cc1c(F)c(F)c(C(C#N)=C2C(=C(N=C)c3c(F)c(F)c(C#N)c(F)c3F)C2=C(N=C)c2c(F)c(F)c(N=C)c(F)c2F)c(F)c1F. The zero-order chi connectivity index (χ0) is 36.1. The molecular weight excluding hydrogens is 670 g/mol. The molecule has 0 unspecified atom stereocenters. The van der Waals surface area contributed by atoms with Gasteiger partial charge in [0.25, 0.3) is 0 Å². The Labute approximate surface area is 260 Å². The summed E-state index contributed by atoms with van der Waals surface area (Å²) in [7, 11) is 0. The fraction of sp³-hybridized carbons (Fsp3) is 0. The highest BCUT2D eigenvalue weighted by molar-refractivity contribution is 6.09. The predicted octanol–water partition coefficient (Wildman–Crippen LogP) is 8.72. The molecule has 0 radical (unpaired) electrons. The highest BCUT2D eigenvalue weighted by Gasteiger charge is 2.46. The molecule has 0 saturated heterocycles. The highest BCUT2D eigenvalue weighted by atomic mass is 19.2. The van der Waals surface area contributed by atoms with Crippen molar-refractivity contribution in [2.75, 3.05) is 0 Å². The van der Waals surface area contributed by atoms with Crippen LogP contribution < -0.4 is 0 Å². The van der Waals surface area contributed by atoms with Crippen molar-refractivity contribution in [3.05, 3.63) is 121 Å². The van der Waals surface area contributed by atoms with Gasteiger partial charge in [0.15, 0.2) is 69.8 Å². The average Bonchev–Trinajstić information content (AvgIpc) is 3.78. The molecule has 5 nitrogen and oxygen atoms in total. The molecule has 0 N–H and O–H groups in total. The molecule has 1 aliphatic rings. The van der Waals surface area contributed by atoms with Gasteiger partial charge in [0.2, 0.25) is 0 Å². The summed E-state index contributed by atoms with van der Waals surface area (Å²) < 4.78 is 179. The number of allylic oxidation sites excluding steroid dienone is 4. The molecule has 0 spiro atoms. The maximum absolute atomic E-state index is 15.2.